The van der Waals surface area contributed by atoms with E-state index < -0.39 is 0 Å². The number of unbranched alkanes of at least 4 members (excludes halogenated alkanes) is 3. The van der Waals surface area contributed by atoms with Gasteiger partial charge in [-0.15, -0.1) is 0 Å². The van der Waals surface area contributed by atoms with Crippen LogP contribution in [0.15, 0.2) is 36.4 Å². The normalized spacial score (nSPS) is 15.2. The van der Waals surface area contributed by atoms with Gasteiger partial charge in [0.25, 0.3) is 0 Å². The summed E-state index contributed by atoms with van der Waals surface area (Å²) in [4.78, 5) is 2.74. The van der Waals surface area contributed by atoms with Gasteiger partial charge in [0, 0.05) is 11.6 Å². The fourth-order valence-corrected chi connectivity index (χ4v) is 5.31. The number of nitrogens with zero attached hydrogens (tertiary/aromatic N) is 1. The maximum atomic E-state index is 5.69. The number of hydrogen-bond acceptors (Lipinski definition) is 5. The van der Waals surface area contributed by atoms with E-state index in [1.54, 1.807) is 21.3 Å². The summed E-state index contributed by atoms with van der Waals surface area (Å²) in [6, 6.07) is 13.3. The Bertz CT molecular complexity index is 869. The van der Waals surface area contributed by atoms with Crippen LogP contribution in [-0.4, -0.2) is 58.5 Å². The van der Waals surface area contributed by atoms with Gasteiger partial charge in [-0.1, -0.05) is 38.0 Å². The zero-order chi connectivity index (χ0) is 24.9. The molecule has 0 aromatic heterocycles. The van der Waals surface area contributed by atoms with Gasteiger partial charge in [-0.3, -0.25) is 0 Å². The van der Waals surface area contributed by atoms with E-state index in [-0.39, 0.29) is 0 Å². The van der Waals surface area contributed by atoms with Crippen LogP contribution < -0.4 is 19.5 Å². The summed E-state index contributed by atoms with van der Waals surface area (Å²) in [5.74, 6) is 2.71. The molecule has 0 spiro atoms. The van der Waals surface area contributed by atoms with Crippen molar-refractivity contribution in [2.24, 2.45) is 0 Å². The maximum absolute atomic E-state index is 5.69. The first-order valence-corrected chi connectivity index (χ1v) is 13.5. The van der Waals surface area contributed by atoms with Gasteiger partial charge in [0.05, 0.1) is 21.3 Å². The summed E-state index contributed by atoms with van der Waals surface area (Å²) in [5.41, 5.74) is 4.14. The van der Waals surface area contributed by atoms with Crippen molar-refractivity contribution in [2.45, 2.75) is 70.8 Å². The van der Waals surface area contributed by atoms with Crippen molar-refractivity contribution in [3.63, 3.8) is 0 Å². The van der Waals surface area contributed by atoms with Crippen molar-refractivity contribution in [3.8, 4) is 17.2 Å². The Kier molecular flexibility index (Phi) is 11.7. The molecule has 35 heavy (non-hydrogen) atoms. The van der Waals surface area contributed by atoms with Crippen LogP contribution in [0.4, 0.5) is 0 Å². The molecule has 1 atom stereocenters. The van der Waals surface area contributed by atoms with Crippen LogP contribution in [0, 0.1) is 0 Å². The second kappa shape index (κ2) is 15.0. The number of methoxy groups -OCH3 is 3. The van der Waals surface area contributed by atoms with Crippen LogP contribution in [-0.2, 0) is 19.3 Å². The third-order valence-electron chi connectivity index (χ3n) is 7.25. The van der Waals surface area contributed by atoms with Crippen LogP contribution in [0.25, 0.3) is 0 Å². The number of ether oxygens (including phenoxy) is 3. The molecule has 0 radical (unpaired) electrons. The van der Waals surface area contributed by atoms with Crippen molar-refractivity contribution in [1.82, 2.24) is 10.2 Å². The molecule has 1 aliphatic carbocycles. The number of nitrogens with one attached hydrogen (secondary N) is 1. The zero-order valence-corrected chi connectivity index (χ0v) is 22.4. The molecule has 0 saturated heterocycles. The van der Waals surface area contributed by atoms with E-state index in [4.69, 9.17) is 14.2 Å². The smallest absolute Gasteiger partial charge is 0.164 e. The molecule has 0 aliphatic heterocycles. The van der Waals surface area contributed by atoms with E-state index in [1.165, 1.54) is 68.3 Å². The Balaban J connectivity index is 1.33. The average Bonchev–Trinajstić information content (AvgIpc) is 2.90. The molecule has 1 aliphatic rings. The second-order valence-electron chi connectivity index (χ2n) is 9.63. The molecule has 1 N–H and O–H groups in total. The Morgan fingerprint density at radius 3 is 2.37 bits per heavy atom. The number of fused-ring (bicyclic) bond motifs is 1. The minimum absolute atomic E-state index is 0.639. The third-order valence-corrected chi connectivity index (χ3v) is 7.25. The molecule has 194 valence electrons. The Labute approximate surface area is 213 Å². The number of rotatable bonds is 16. The molecule has 2 aromatic rings. The van der Waals surface area contributed by atoms with Gasteiger partial charge in [-0.25, -0.2) is 0 Å². The molecule has 1 unspecified atom stereocenters. The first kappa shape index (κ1) is 27.3. The highest BCUT2D eigenvalue weighted by Gasteiger charge is 2.27. The third kappa shape index (κ3) is 8.15. The highest BCUT2D eigenvalue weighted by Crippen LogP contribution is 2.38. The lowest BCUT2D eigenvalue weighted by Crippen LogP contribution is -2.40. The van der Waals surface area contributed by atoms with Crippen molar-refractivity contribution >= 4 is 0 Å². The molecular formula is C30H46N2O3. The summed E-state index contributed by atoms with van der Waals surface area (Å²) in [7, 11) is 5.18. The van der Waals surface area contributed by atoms with Gasteiger partial charge >= 0.3 is 0 Å². The Hall–Kier alpha value is -2.24. The van der Waals surface area contributed by atoms with E-state index in [0.29, 0.717) is 6.04 Å². The monoisotopic (exact) mass is 482 g/mol. The molecule has 3 rings (SSSR count). The fraction of sp³-hybridized carbons (Fsp3) is 0.600. The SMILES string of the molecule is CCCN(CCCCCCNCCc1ccc(OC)cc1)C1CCc2c(ccc(OC)c2OC)C1. The molecule has 0 heterocycles. The van der Waals surface area contributed by atoms with Crippen molar-refractivity contribution in [3.05, 3.63) is 53.1 Å². The van der Waals surface area contributed by atoms with Gasteiger partial charge in [0.2, 0.25) is 0 Å². The van der Waals surface area contributed by atoms with Crippen molar-refractivity contribution in [1.29, 1.82) is 0 Å². The summed E-state index contributed by atoms with van der Waals surface area (Å²) < 4.78 is 16.4. The largest absolute Gasteiger partial charge is 0.497 e. The second-order valence-corrected chi connectivity index (χ2v) is 9.63. The van der Waals surface area contributed by atoms with Crippen LogP contribution in [0.1, 0.15) is 62.1 Å². The quantitative estimate of drug-likeness (QED) is 0.312. The van der Waals surface area contributed by atoms with E-state index in [0.717, 1.165) is 49.6 Å². The molecule has 0 amide bonds. The fourth-order valence-electron chi connectivity index (χ4n) is 5.31. The lowest BCUT2D eigenvalue weighted by Gasteiger charge is -2.36. The molecule has 0 fully saturated rings. The standard InChI is InChI=1S/C30H46N2O3/c1-5-21-32(26-13-16-28-25(23-26)12-17-29(34-3)30(28)35-4)22-9-7-6-8-19-31-20-18-24-10-14-27(33-2)15-11-24/h10-12,14-15,17,26,31H,5-9,13,16,18-23H2,1-4H3. The highest BCUT2D eigenvalue weighted by molar-refractivity contribution is 5.52. The van der Waals surface area contributed by atoms with Crippen LogP contribution >= 0.6 is 0 Å². The minimum Gasteiger partial charge on any atom is -0.497 e. The molecule has 2 aromatic carbocycles. The van der Waals surface area contributed by atoms with Crippen molar-refractivity contribution in [2.75, 3.05) is 47.5 Å². The van der Waals surface area contributed by atoms with Gasteiger partial charge < -0.3 is 24.4 Å². The van der Waals surface area contributed by atoms with Gasteiger partial charge in [0.15, 0.2) is 11.5 Å². The molecule has 5 nitrogen and oxygen atoms in total. The Morgan fingerprint density at radius 1 is 0.857 bits per heavy atom. The van der Waals surface area contributed by atoms with Crippen LogP contribution in [0.3, 0.4) is 0 Å². The van der Waals surface area contributed by atoms with Crippen LogP contribution in [0.2, 0.25) is 0 Å². The van der Waals surface area contributed by atoms with Crippen molar-refractivity contribution < 1.29 is 14.2 Å². The maximum Gasteiger partial charge on any atom is 0.164 e. The summed E-state index contributed by atoms with van der Waals surface area (Å²) in [5, 5.41) is 3.60. The lowest BCUT2D eigenvalue weighted by molar-refractivity contribution is 0.175. The predicted molar refractivity (Wildman–Crippen MR) is 145 cm³/mol. The molecule has 5 heteroatoms. The average molecular weight is 483 g/mol. The summed E-state index contributed by atoms with van der Waals surface area (Å²) >= 11 is 0. The van der Waals surface area contributed by atoms with E-state index in [9.17, 15) is 0 Å². The zero-order valence-electron chi connectivity index (χ0n) is 22.4. The topological polar surface area (TPSA) is 43.0 Å². The number of benzene rings is 2. The lowest BCUT2D eigenvalue weighted by atomic mass is 9.86. The van der Waals surface area contributed by atoms with Gasteiger partial charge in [0.1, 0.15) is 5.75 Å². The van der Waals surface area contributed by atoms with Gasteiger partial charge in [-0.05, 0) is 100 Å². The highest BCUT2D eigenvalue weighted by atomic mass is 16.5. The summed E-state index contributed by atoms with van der Waals surface area (Å²) in [6.45, 7) is 6.86. The predicted octanol–water partition coefficient (Wildman–Crippen LogP) is 5.67. The minimum atomic E-state index is 0.639. The molecule has 0 saturated carbocycles. The first-order valence-electron chi connectivity index (χ1n) is 13.5. The summed E-state index contributed by atoms with van der Waals surface area (Å²) in [6.07, 6.45) is 10.8. The van der Waals surface area contributed by atoms with Gasteiger partial charge in [-0.2, -0.15) is 0 Å². The first-order chi connectivity index (χ1) is 17.2. The van der Waals surface area contributed by atoms with E-state index in [2.05, 4.69) is 41.4 Å². The molecule has 0 bridgehead atoms. The molecular weight excluding hydrogens is 436 g/mol. The number of hydrogen-bond donors (Lipinski definition) is 1. The van der Waals surface area contributed by atoms with E-state index >= 15 is 0 Å². The Morgan fingerprint density at radius 2 is 1.66 bits per heavy atom. The van der Waals surface area contributed by atoms with E-state index in [1.807, 2.05) is 12.1 Å². The van der Waals surface area contributed by atoms with Crippen LogP contribution in [0.5, 0.6) is 17.2 Å².